The Balaban J connectivity index is 3.39. The molecular weight excluding hydrogens is 148 g/mol. The van der Waals surface area contributed by atoms with Crippen LogP contribution in [0.1, 0.15) is 0 Å². The molecule has 0 radical (unpaired) electrons. The molecule has 0 aromatic carbocycles. The van der Waals surface area contributed by atoms with Gasteiger partial charge in [0.1, 0.15) is 6.61 Å². The molecule has 0 heterocycles. The molecule has 4 N–H and O–H groups in total. The quantitative estimate of drug-likeness (QED) is 0.335. The van der Waals surface area contributed by atoms with Crippen LogP contribution in [-0.4, -0.2) is 41.1 Å². The molecule has 0 unspecified atom stereocenters. The van der Waals surface area contributed by atoms with Gasteiger partial charge in [0.15, 0.2) is 0 Å². The molecule has 0 aromatic rings. The summed E-state index contributed by atoms with van der Waals surface area (Å²) in [5, 5.41) is 7.84. The highest BCUT2D eigenvalue weighted by molar-refractivity contribution is 6.48. The fourth-order valence-corrected chi connectivity index (χ4v) is 0.476. The first-order valence-electron chi connectivity index (χ1n) is 1.94. The van der Waals surface area contributed by atoms with Crippen molar-refractivity contribution in [1.29, 1.82) is 0 Å². The van der Waals surface area contributed by atoms with Gasteiger partial charge in [-0.1, -0.05) is 0 Å². The summed E-state index contributed by atoms with van der Waals surface area (Å²) in [6.07, 6.45) is 0. The van der Waals surface area contributed by atoms with E-state index in [-0.39, 0.29) is 0 Å². The molecule has 0 aliphatic carbocycles. The van der Waals surface area contributed by atoms with Crippen LogP contribution in [0.2, 0.25) is 0 Å². The monoisotopic (exact) mass is 154 g/mol. The van der Waals surface area contributed by atoms with Crippen molar-refractivity contribution >= 4 is 15.0 Å². The largest absolute Gasteiger partial charge is 0.671 e. The van der Waals surface area contributed by atoms with Crippen LogP contribution in [0, 0.1) is 0 Å². The van der Waals surface area contributed by atoms with Crippen LogP contribution in [-0.2, 0) is 9.22 Å². The average Bonchev–Trinajstić information content (AvgIpc) is 1.59. The van der Waals surface area contributed by atoms with Crippen molar-refractivity contribution in [3.05, 3.63) is 0 Å². The third-order valence-electron chi connectivity index (χ3n) is 0.389. The lowest BCUT2D eigenvalue weighted by atomic mass is 10.8. The lowest BCUT2D eigenvalue weighted by Crippen LogP contribution is -2.40. The second-order valence-corrected chi connectivity index (χ2v) is 2.69. The Morgan fingerprint density at radius 2 is 1.89 bits per heavy atom. The molecule has 0 spiro atoms. The number of hydrogen-bond acceptors (Lipinski definition) is 5. The molecule has 0 aliphatic rings. The molecule has 0 bridgehead atoms. The molecule has 0 rings (SSSR count). The molecule has 0 aliphatic heterocycles. The highest BCUT2D eigenvalue weighted by atomic mass is 28.4. The van der Waals surface area contributed by atoms with Gasteiger partial charge >= 0.3 is 15.0 Å². The van der Waals surface area contributed by atoms with Gasteiger partial charge in [-0.15, -0.1) is 0 Å². The number of carbonyl (C=O) groups is 1. The van der Waals surface area contributed by atoms with Crippen molar-refractivity contribution in [2.75, 3.05) is 6.61 Å². The van der Waals surface area contributed by atoms with E-state index >= 15 is 0 Å². The van der Waals surface area contributed by atoms with Crippen molar-refractivity contribution in [3.63, 3.8) is 0 Å². The molecule has 9 heavy (non-hydrogen) atoms. The van der Waals surface area contributed by atoms with Crippen LogP contribution in [0.4, 0.5) is 0 Å². The van der Waals surface area contributed by atoms with E-state index in [4.69, 9.17) is 19.5 Å². The summed E-state index contributed by atoms with van der Waals surface area (Å²) < 4.78 is 3.70. The van der Waals surface area contributed by atoms with E-state index in [1.807, 2.05) is 0 Å². The third-order valence-corrected chi connectivity index (χ3v) is 0.921. The molecule has 54 valence electrons. The molecule has 0 fully saturated rings. The highest BCUT2D eigenvalue weighted by Crippen LogP contribution is 1.86. The van der Waals surface area contributed by atoms with Gasteiger partial charge in [0.25, 0.3) is 0 Å². The minimum Gasteiger partial charge on any atom is -0.480 e. The Morgan fingerprint density at radius 1 is 1.44 bits per heavy atom. The Bertz CT molecular complexity index is 104. The number of carboxylic acid groups (broad SMARTS) is 1. The normalized spacial score (nSPS) is 11.4. The van der Waals surface area contributed by atoms with Gasteiger partial charge in [-0.05, 0) is 0 Å². The van der Waals surface area contributed by atoms with Crippen LogP contribution < -0.4 is 0 Å². The maximum absolute atomic E-state index is 9.61. The SMILES string of the molecule is O=C(O)CO[Si](O)(O)O. The van der Waals surface area contributed by atoms with E-state index in [0.29, 0.717) is 0 Å². The number of rotatable bonds is 3. The smallest absolute Gasteiger partial charge is 0.480 e. The van der Waals surface area contributed by atoms with E-state index in [9.17, 15) is 4.79 Å². The predicted octanol–water partition coefficient (Wildman–Crippen LogP) is -2.50. The molecule has 0 saturated heterocycles. The number of hydrogen-bond donors (Lipinski definition) is 4. The van der Waals surface area contributed by atoms with Gasteiger partial charge in [0, 0.05) is 0 Å². The van der Waals surface area contributed by atoms with Crippen LogP contribution in [0.5, 0.6) is 0 Å². The Hall–Kier alpha value is -0.473. The minimum atomic E-state index is -4.60. The topological polar surface area (TPSA) is 107 Å². The summed E-state index contributed by atoms with van der Waals surface area (Å²) >= 11 is 0. The molecule has 0 atom stereocenters. The molecule has 7 heteroatoms. The molecule has 0 saturated carbocycles. The van der Waals surface area contributed by atoms with Gasteiger partial charge in [-0.25, -0.2) is 4.79 Å². The second kappa shape index (κ2) is 2.89. The predicted molar refractivity (Wildman–Crippen MR) is 26.0 cm³/mol. The first kappa shape index (κ1) is 8.53. The molecule has 0 aromatic heterocycles. The molecule has 6 nitrogen and oxygen atoms in total. The Labute approximate surface area is 51.4 Å². The van der Waals surface area contributed by atoms with Gasteiger partial charge in [0.05, 0.1) is 0 Å². The number of carboxylic acids is 1. The highest BCUT2D eigenvalue weighted by Gasteiger charge is 2.31. The summed E-state index contributed by atoms with van der Waals surface area (Å²) in [7, 11) is -4.60. The first-order chi connectivity index (χ1) is 3.92. The second-order valence-electron chi connectivity index (χ2n) is 1.26. The van der Waals surface area contributed by atoms with E-state index < -0.39 is 21.6 Å². The van der Waals surface area contributed by atoms with Crippen molar-refractivity contribution in [1.82, 2.24) is 0 Å². The van der Waals surface area contributed by atoms with Crippen LogP contribution in [0.3, 0.4) is 0 Å². The standard InChI is InChI=1S/C2H6O6Si/c3-2(4)1-8-9(5,6)7/h5-7H,1H2,(H,3,4). The van der Waals surface area contributed by atoms with Crippen molar-refractivity contribution in [2.45, 2.75) is 0 Å². The van der Waals surface area contributed by atoms with E-state index in [1.54, 1.807) is 0 Å². The van der Waals surface area contributed by atoms with E-state index in [0.717, 1.165) is 0 Å². The fourth-order valence-electron chi connectivity index (χ4n) is 0.159. The van der Waals surface area contributed by atoms with E-state index in [1.165, 1.54) is 0 Å². The average molecular weight is 154 g/mol. The summed E-state index contributed by atoms with van der Waals surface area (Å²) in [5.41, 5.74) is 0. The lowest BCUT2D eigenvalue weighted by molar-refractivity contribution is -0.141. The first-order valence-corrected chi connectivity index (χ1v) is 3.69. The number of aliphatic carboxylic acids is 1. The van der Waals surface area contributed by atoms with Gasteiger partial charge < -0.3 is 23.9 Å². The lowest BCUT2D eigenvalue weighted by Gasteiger charge is -2.05. The summed E-state index contributed by atoms with van der Waals surface area (Å²) in [6.45, 7) is -0.907. The summed E-state index contributed by atoms with van der Waals surface area (Å²) in [4.78, 5) is 33.7. The minimum absolute atomic E-state index is 0.907. The third kappa shape index (κ3) is 7.53. The molecular formula is C2H6O6Si. The van der Waals surface area contributed by atoms with Crippen LogP contribution in [0.25, 0.3) is 0 Å². The maximum atomic E-state index is 9.61. The van der Waals surface area contributed by atoms with Crippen LogP contribution in [0.15, 0.2) is 0 Å². The van der Waals surface area contributed by atoms with Gasteiger partial charge in [-0.3, -0.25) is 0 Å². The van der Waals surface area contributed by atoms with Crippen molar-refractivity contribution in [2.24, 2.45) is 0 Å². The zero-order valence-electron chi connectivity index (χ0n) is 4.31. The van der Waals surface area contributed by atoms with Gasteiger partial charge in [0.2, 0.25) is 0 Å². The van der Waals surface area contributed by atoms with Crippen molar-refractivity contribution < 1.29 is 28.7 Å². The summed E-state index contributed by atoms with van der Waals surface area (Å²) in [5.74, 6) is -1.37. The summed E-state index contributed by atoms with van der Waals surface area (Å²) in [6, 6.07) is 0. The Kier molecular flexibility index (Phi) is 2.74. The zero-order valence-corrected chi connectivity index (χ0v) is 5.31. The van der Waals surface area contributed by atoms with Gasteiger partial charge in [-0.2, -0.15) is 0 Å². The van der Waals surface area contributed by atoms with Crippen molar-refractivity contribution in [3.8, 4) is 0 Å². The zero-order chi connectivity index (χ0) is 7.49. The van der Waals surface area contributed by atoms with Crippen LogP contribution >= 0.6 is 0 Å². The van der Waals surface area contributed by atoms with E-state index in [2.05, 4.69) is 4.43 Å². The molecule has 0 amide bonds. The fraction of sp³-hybridized carbons (Fsp3) is 0.500. The Morgan fingerprint density at radius 3 is 2.00 bits per heavy atom. The maximum Gasteiger partial charge on any atom is 0.671 e.